The highest BCUT2D eigenvalue weighted by atomic mass is 32.2. The molecule has 0 saturated carbocycles. The van der Waals surface area contributed by atoms with Crippen LogP contribution in [0.15, 0.2) is 30.3 Å². The summed E-state index contributed by atoms with van der Waals surface area (Å²) in [6.45, 7) is 1.17. The van der Waals surface area contributed by atoms with Crippen LogP contribution >= 0.6 is 0 Å². The summed E-state index contributed by atoms with van der Waals surface area (Å²) < 4.78 is 31.0. The molecule has 1 aromatic rings. The molecule has 3 N–H and O–H groups in total. The number of nitrogens with one attached hydrogen (secondary N) is 2. The first-order valence-corrected chi connectivity index (χ1v) is 6.88. The van der Waals surface area contributed by atoms with Gasteiger partial charge in [-0.1, -0.05) is 30.3 Å². The third-order valence-corrected chi connectivity index (χ3v) is 3.63. The molecule has 0 aromatic heterocycles. The fourth-order valence-electron chi connectivity index (χ4n) is 1.44. The highest BCUT2D eigenvalue weighted by molar-refractivity contribution is 7.88. The van der Waals surface area contributed by atoms with E-state index in [0.717, 1.165) is 7.11 Å². The summed E-state index contributed by atoms with van der Waals surface area (Å²) in [5, 5.41) is 9.27. The van der Waals surface area contributed by atoms with E-state index in [0.29, 0.717) is 0 Å². The summed E-state index contributed by atoms with van der Waals surface area (Å²) in [4.78, 5) is 22.3. The van der Waals surface area contributed by atoms with Crippen molar-refractivity contribution in [3.8, 4) is 0 Å². The van der Waals surface area contributed by atoms with Gasteiger partial charge in [0.2, 0.25) is 0 Å². The minimum Gasteiger partial charge on any atom is -0.480 e. The fraction of sp³-hybridized carbons (Fsp3) is 0.273. The van der Waals surface area contributed by atoms with E-state index in [2.05, 4.69) is 4.74 Å². The van der Waals surface area contributed by atoms with E-state index in [9.17, 15) is 23.1 Å². The molecule has 1 aromatic carbocycles. The summed E-state index contributed by atoms with van der Waals surface area (Å²) in [5.74, 6) is -1.42. The number of hydrogen-bond donors (Lipinski definition) is 3. The second-order valence-corrected chi connectivity index (χ2v) is 5.41. The van der Waals surface area contributed by atoms with Gasteiger partial charge in [-0.25, -0.2) is 14.3 Å². The SMILES string of the molecule is COC(=O)NS(=O)(=O)NC(C)(C(=O)O)c1ccccc1. The molecule has 0 fully saturated rings. The largest absolute Gasteiger partial charge is 0.480 e. The Labute approximate surface area is 115 Å². The lowest BCUT2D eigenvalue weighted by Gasteiger charge is -2.26. The number of amides is 1. The third-order valence-electron chi connectivity index (χ3n) is 2.52. The van der Waals surface area contributed by atoms with Gasteiger partial charge in [0.1, 0.15) is 0 Å². The first kappa shape index (κ1) is 15.9. The Balaban J connectivity index is 3.11. The van der Waals surface area contributed by atoms with Crippen LogP contribution in [0.1, 0.15) is 12.5 Å². The molecule has 1 atom stereocenters. The smallest absolute Gasteiger partial charge is 0.421 e. The Bertz CT molecular complexity index is 601. The van der Waals surface area contributed by atoms with E-state index in [1.54, 1.807) is 18.2 Å². The molecule has 9 heteroatoms. The Kier molecular flexibility index (Phi) is 4.69. The van der Waals surface area contributed by atoms with Crippen molar-refractivity contribution in [2.45, 2.75) is 12.5 Å². The Morgan fingerprint density at radius 1 is 1.25 bits per heavy atom. The van der Waals surface area contributed by atoms with Gasteiger partial charge < -0.3 is 9.84 Å². The maximum absolute atomic E-state index is 11.7. The number of hydrogen-bond acceptors (Lipinski definition) is 5. The lowest BCUT2D eigenvalue weighted by atomic mass is 9.94. The van der Waals surface area contributed by atoms with E-state index >= 15 is 0 Å². The summed E-state index contributed by atoms with van der Waals surface area (Å²) in [7, 11) is -3.41. The maximum Gasteiger partial charge on any atom is 0.421 e. The van der Waals surface area contributed by atoms with Gasteiger partial charge in [-0.3, -0.25) is 0 Å². The second-order valence-electron chi connectivity index (χ2n) is 4.00. The predicted octanol–water partition coefficient (Wildman–Crippen LogP) is 0.177. The molecule has 0 aliphatic carbocycles. The van der Waals surface area contributed by atoms with Crippen LogP contribution in [-0.2, 0) is 25.3 Å². The molecule has 1 unspecified atom stereocenters. The molecule has 0 aliphatic heterocycles. The normalized spacial score (nSPS) is 14.1. The number of carboxylic acid groups (broad SMARTS) is 1. The van der Waals surface area contributed by atoms with Gasteiger partial charge in [0.15, 0.2) is 5.54 Å². The summed E-state index contributed by atoms with van der Waals surface area (Å²) >= 11 is 0. The minimum absolute atomic E-state index is 0.211. The van der Waals surface area contributed by atoms with Crippen molar-refractivity contribution in [3.63, 3.8) is 0 Å². The van der Waals surface area contributed by atoms with Gasteiger partial charge in [-0.2, -0.15) is 13.1 Å². The van der Waals surface area contributed by atoms with Crippen molar-refractivity contribution in [1.82, 2.24) is 9.44 Å². The first-order valence-electron chi connectivity index (χ1n) is 5.40. The number of carboxylic acids is 1. The van der Waals surface area contributed by atoms with E-state index < -0.39 is 27.8 Å². The predicted molar refractivity (Wildman–Crippen MR) is 69.0 cm³/mol. The van der Waals surface area contributed by atoms with E-state index in [-0.39, 0.29) is 5.56 Å². The molecule has 8 nitrogen and oxygen atoms in total. The van der Waals surface area contributed by atoms with E-state index in [4.69, 9.17) is 0 Å². The number of carbonyl (C=O) groups excluding carboxylic acids is 1. The molecule has 0 saturated heterocycles. The zero-order valence-electron chi connectivity index (χ0n) is 10.8. The van der Waals surface area contributed by atoms with Crippen molar-refractivity contribution >= 4 is 22.3 Å². The van der Waals surface area contributed by atoms with E-state index in [1.807, 2.05) is 4.72 Å². The number of carbonyl (C=O) groups is 2. The van der Waals surface area contributed by atoms with Crippen molar-refractivity contribution in [2.75, 3.05) is 7.11 Å². The third kappa shape index (κ3) is 3.68. The van der Waals surface area contributed by atoms with Gasteiger partial charge in [0.05, 0.1) is 7.11 Å². The maximum atomic E-state index is 11.7. The minimum atomic E-state index is -4.40. The quantitative estimate of drug-likeness (QED) is 0.713. The van der Waals surface area contributed by atoms with Crippen LogP contribution in [0.25, 0.3) is 0 Å². The van der Waals surface area contributed by atoms with Gasteiger partial charge >= 0.3 is 22.3 Å². The molecular formula is C11H14N2O6S. The highest BCUT2D eigenvalue weighted by Crippen LogP contribution is 2.21. The van der Waals surface area contributed by atoms with Crippen molar-refractivity contribution in [3.05, 3.63) is 35.9 Å². The van der Waals surface area contributed by atoms with Gasteiger partial charge in [-0.15, -0.1) is 0 Å². The van der Waals surface area contributed by atoms with Crippen LogP contribution < -0.4 is 9.44 Å². The summed E-state index contributed by atoms with van der Waals surface area (Å²) in [5.41, 5.74) is -1.72. The molecule has 0 heterocycles. The molecular weight excluding hydrogens is 288 g/mol. The Hall–Kier alpha value is -2.13. The van der Waals surface area contributed by atoms with Crippen LogP contribution in [0.2, 0.25) is 0 Å². The Morgan fingerprint density at radius 3 is 2.25 bits per heavy atom. The van der Waals surface area contributed by atoms with Gasteiger partial charge in [0, 0.05) is 0 Å². The Morgan fingerprint density at radius 2 is 1.80 bits per heavy atom. The van der Waals surface area contributed by atoms with Crippen molar-refractivity contribution < 1.29 is 27.9 Å². The van der Waals surface area contributed by atoms with Crippen LogP contribution in [-0.4, -0.2) is 32.7 Å². The molecule has 1 amide bonds. The van der Waals surface area contributed by atoms with E-state index in [1.165, 1.54) is 23.8 Å². The molecule has 20 heavy (non-hydrogen) atoms. The zero-order valence-corrected chi connectivity index (χ0v) is 11.6. The van der Waals surface area contributed by atoms with Gasteiger partial charge in [0.25, 0.3) is 0 Å². The van der Waals surface area contributed by atoms with Crippen molar-refractivity contribution in [1.29, 1.82) is 0 Å². The van der Waals surface area contributed by atoms with Crippen LogP contribution in [0.4, 0.5) is 4.79 Å². The average Bonchev–Trinajstić information content (AvgIpc) is 2.38. The van der Waals surface area contributed by atoms with Gasteiger partial charge in [-0.05, 0) is 12.5 Å². The lowest BCUT2D eigenvalue weighted by molar-refractivity contribution is -0.143. The average molecular weight is 302 g/mol. The van der Waals surface area contributed by atoms with Crippen molar-refractivity contribution in [2.24, 2.45) is 0 Å². The number of methoxy groups -OCH3 is 1. The van der Waals surface area contributed by atoms with Crippen LogP contribution in [0.5, 0.6) is 0 Å². The monoisotopic (exact) mass is 302 g/mol. The lowest BCUT2D eigenvalue weighted by Crippen LogP contribution is -2.54. The molecule has 0 bridgehead atoms. The number of benzene rings is 1. The number of rotatable bonds is 5. The standard InChI is InChI=1S/C11H14N2O6S/c1-11(9(14)15,8-6-4-3-5-7-8)13-20(17,18)12-10(16)19-2/h3-7,13H,1-2H3,(H,12,16)(H,14,15). The van der Waals surface area contributed by atoms with Crippen LogP contribution in [0, 0.1) is 0 Å². The molecule has 0 aliphatic rings. The van der Waals surface area contributed by atoms with Crippen LogP contribution in [0.3, 0.4) is 0 Å². The zero-order chi connectivity index (χ0) is 15.4. The first-order chi connectivity index (χ1) is 9.21. The second kappa shape index (κ2) is 5.88. The summed E-state index contributed by atoms with van der Waals surface area (Å²) in [6.07, 6.45) is -1.22. The number of aliphatic carboxylic acids is 1. The molecule has 0 spiro atoms. The summed E-state index contributed by atoms with van der Waals surface area (Å²) in [6, 6.07) is 7.70. The highest BCUT2D eigenvalue weighted by Gasteiger charge is 2.39. The fourth-order valence-corrected chi connectivity index (χ4v) is 2.54. The molecule has 1 rings (SSSR count). The topological polar surface area (TPSA) is 122 Å². The molecule has 110 valence electrons. The molecule has 0 radical (unpaired) electrons. The number of ether oxygens (including phenoxy) is 1.